The highest BCUT2D eigenvalue weighted by molar-refractivity contribution is 8.04. The molecule has 0 amide bonds. The molecule has 0 aromatic carbocycles. The molecule has 0 radical (unpaired) electrons. The van der Waals surface area contributed by atoms with Gasteiger partial charge in [0.2, 0.25) is 0 Å². The summed E-state index contributed by atoms with van der Waals surface area (Å²) in [6.07, 6.45) is 1.83. The second kappa shape index (κ2) is 3.85. The van der Waals surface area contributed by atoms with E-state index in [4.69, 9.17) is 4.74 Å². The zero-order chi connectivity index (χ0) is 9.14. The van der Waals surface area contributed by atoms with Crippen LogP contribution in [0.1, 0.15) is 13.8 Å². The van der Waals surface area contributed by atoms with Gasteiger partial charge in [0.25, 0.3) is 0 Å². The van der Waals surface area contributed by atoms with Gasteiger partial charge in [-0.3, -0.25) is 0 Å². The van der Waals surface area contributed by atoms with Gasteiger partial charge in [-0.1, -0.05) is 11.8 Å². The lowest BCUT2D eigenvalue weighted by Crippen LogP contribution is -2.14. The van der Waals surface area contributed by atoms with E-state index >= 15 is 0 Å². The highest BCUT2D eigenvalue weighted by Crippen LogP contribution is 2.31. The highest BCUT2D eigenvalue weighted by atomic mass is 32.2. The Morgan fingerprint density at radius 3 is 2.92 bits per heavy atom. The lowest BCUT2D eigenvalue weighted by Gasteiger charge is -2.12. The van der Waals surface area contributed by atoms with Crippen LogP contribution in [0.4, 0.5) is 0 Å². The minimum Gasteiger partial charge on any atom is -0.462 e. The first-order chi connectivity index (χ1) is 5.65. The number of esters is 1. The molecule has 1 aliphatic heterocycles. The van der Waals surface area contributed by atoms with Gasteiger partial charge in [-0.2, -0.15) is 0 Å². The van der Waals surface area contributed by atoms with E-state index in [0.717, 1.165) is 0 Å². The maximum Gasteiger partial charge on any atom is 0.346 e. The summed E-state index contributed by atoms with van der Waals surface area (Å²) in [5.74, 6) is -0.210. The average molecular weight is 187 g/mol. The Hall–Kier alpha value is -0.640. The molecule has 0 aliphatic carbocycles. The Labute approximate surface area is 76.8 Å². The molecular weight excluding hydrogens is 174 g/mol. The highest BCUT2D eigenvalue weighted by Gasteiger charge is 2.23. The van der Waals surface area contributed by atoms with Crippen LogP contribution < -0.4 is 0 Å². The monoisotopic (exact) mass is 187 g/mol. The molecule has 1 aliphatic rings. The Kier molecular flexibility index (Phi) is 3.03. The van der Waals surface area contributed by atoms with Gasteiger partial charge in [0.05, 0.1) is 12.0 Å². The van der Waals surface area contributed by atoms with Gasteiger partial charge in [-0.25, -0.2) is 4.79 Å². The van der Waals surface area contributed by atoms with Crippen LogP contribution in [0.3, 0.4) is 0 Å². The number of hydrogen-bond donors (Lipinski definition) is 0. The standard InChI is InChI=1S/C8H13NO2S/c1-4-11-8(10)7-5-9(3)6(2)12-7/h5-6H,4H2,1-3H3. The molecule has 1 heterocycles. The smallest absolute Gasteiger partial charge is 0.346 e. The first-order valence-corrected chi connectivity index (χ1v) is 4.80. The minimum atomic E-state index is -0.210. The first kappa shape index (κ1) is 9.45. The maximum absolute atomic E-state index is 11.2. The van der Waals surface area contributed by atoms with Crippen molar-refractivity contribution in [1.82, 2.24) is 4.90 Å². The van der Waals surface area contributed by atoms with Crippen molar-refractivity contribution >= 4 is 17.7 Å². The number of thioether (sulfide) groups is 1. The largest absolute Gasteiger partial charge is 0.462 e. The predicted octanol–water partition coefficient (Wildman–Crippen LogP) is 1.42. The normalized spacial score (nSPS) is 22.4. The molecule has 12 heavy (non-hydrogen) atoms. The predicted molar refractivity (Wildman–Crippen MR) is 49.5 cm³/mol. The van der Waals surface area contributed by atoms with E-state index in [-0.39, 0.29) is 5.97 Å². The second-order valence-corrected chi connectivity index (χ2v) is 3.95. The van der Waals surface area contributed by atoms with Gasteiger partial charge in [0.1, 0.15) is 4.91 Å². The van der Waals surface area contributed by atoms with Crippen molar-refractivity contribution in [3.8, 4) is 0 Å². The van der Waals surface area contributed by atoms with Gasteiger partial charge in [0, 0.05) is 13.2 Å². The third kappa shape index (κ3) is 1.94. The lowest BCUT2D eigenvalue weighted by molar-refractivity contribution is -0.137. The SMILES string of the molecule is CCOC(=O)C1=CN(C)C(C)S1. The molecule has 0 saturated heterocycles. The number of carbonyl (C=O) groups is 1. The topological polar surface area (TPSA) is 29.5 Å². The number of hydrogen-bond acceptors (Lipinski definition) is 4. The Balaban J connectivity index is 2.55. The Morgan fingerprint density at radius 2 is 2.50 bits per heavy atom. The summed E-state index contributed by atoms with van der Waals surface area (Å²) in [4.78, 5) is 13.9. The van der Waals surface area contributed by atoms with E-state index in [1.54, 1.807) is 0 Å². The molecule has 1 rings (SSSR count). The van der Waals surface area contributed by atoms with Gasteiger partial charge < -0.3 is 9.64 Å². The summed E-state index contributed by atoms with van der Waals surface area (Å²) < 4.78 is 4.87. The van der Waals surface area contributed by atoms with Crippen molar-refractivity contribution in [3.05, 3.63) is 11.1 Å². The summed E-state index contributed by atoms with van der Waals surface area (Å²) in [7, 11) is 1.95. The van der Waals surface area contributed by atoms with Crippen LogP contribution in [0.15, 0.2) is 11.1 Å². The van der Waals surface area contributed by atoms with Crippen LogP contribution in [-0.4, -0.2) is 29.9 Å². The van der Waals surface area contributed by atoms with Crippen molar-refractivity contribution in [3.63, 3.8) is 0 Å². The average Bonchev–Trinajstić information content (AvgIpc) is 2.33. The molecule has 4 heteroatoms. The van der Waals surface area contributed by atoms with Crippen LogP contribution in [0.5, 0.6) is 0 Å². The molecule has 0 spiro atoms. The van der Waals surface area contributed by atoms with E-state index in [9.17, 15) is 4.79 Å². The second-order valence-electron chi connectivity index (χ2n) is 2.60. The minimum absolute atomic E-state index is 0.210. The molecule has 1 atom stereocenters. The van der Waals surface area contributed by atoms with Gasteiger partial charge in [-0.05, 0) is 13.8 Å². The third-order valence-corrected chi connectivity index (χ3v) is 2.87. The summed E-state index contributed by atoms with van der Waals surface area (Å²) in [6.45, 7) is 4.30. The van der Waals surface area contributed by atoms with E-state index in [0.29, 0.717) is 16.9 Å². The fraction of sp³-hybridized carbons (Fsp3) is 0.625. The van der Waals surface area contributed by atoms with Crippen LogP contribution in [-0.2, 0) is 9.53 Å². The summed E-state index contributed by atoms with van der Waals surface area (Å²) in [5.41, 5.74) is 0. The molecule has 0 N–H and O–H groups in total. The summed E-state index contributed by atoms with van der Waals surface area (Å²) in [6, 6.07) is 0. The number of carbonyl (C=O) groups excluding carboxylic acids is 1. The fourth-order valence-electron chi connectivity index (χ4n) is 0.890. The van der Waals surface area contributed by atoms with Gasteiger partial charge in [-0.15, -0.1) is 0 Å². The van der Waals surface area contributed by atoms with Crippen LogP contribution in [0.25, 0.3) is 0 Å². The zero-order valence-electron chi connectivity index (χ0n) is 7.53. The molecule has 68 valence electrons. The van der Waals surface area contributed by atoms with Crippen molar-refractivity contribution in [2.75, 3.05) is 13.7 Å². The number of ether oxygens (including phenoxy) is 1. The van der Waals surface area contributed by atoms with Crippen LogP contribution in [0.2, 0.25) is 0 Å². The van der Waals surface area contributed by atoms with Crippen LogP contribution >= 0.6 is 11.8 Å². The first-order valence-electron chi connectivity index (χ1n) is 3.92. The fourth-order valence-corrected chi connectivity index (χ4v) is 1.87. The molecule has 0 bridgehead atoms. The lowest BCUT2D eigenvalue weighted by atomic mass is 10.5. The summed E-state index contributed by atoms with van der Waals surface area (Å²) in [5, 5.41) is 0.337. The Bertz CT molecular complexity index is 215. The zero-order valence-corrected chi connectivity index (χ0v) is 8.35. The van der Waals surface area contributed by atoms with Gasteiger partial charge >= 0.3 is 5.97 Å². The number of rotatable bonds is 2. The van der Waals surface area contributed by atoms with E-state index < -0.39 is 0 Å². The molecule has 1 unspecified atom stereocenters. The summed E-state index contributed by atoms with van der Waals surface area (Å²) >= 11 is 1.53. The van der Waals surface area contributed by atoms with Crippen molar-refractivity contribution in [2.45, 2.75) is 19.2 Å². The molecule has 0 saturated carbocycles. The van der Waals surface area contributed by atoms with Gasteiger partial charge in [0.15, 0.2) is 0 Å². The Morgan fingerprint density at radius 1 is 1.83 bits per heavy atom. The maximum atomic E-state index is 11.2. The van der Waals surface area contributed by atoms with E-state index in [2.05, 4.69) is 0 Å². The molecule has 0 aromatic heterocycles. The quantitative estimate of drug-likeness (QED) is 0.611. The van der Waals surface area contributed by atoms with E-state index in [1.807, 2.05) is 32.0 Å². The molecule has 0 fully saturated rings. The van der Waals surface area contributed by atoms with Crippen molar-refractivity contribution < 1.29 is 9.53 Å². The third-order valence-electron chi connectivity index (χ3n) is 1.67. The number of nitrogens with zero attached hydrogens (tertiary/aromatic N) is 1. The van der Waals surface area contributed by atoms with Crippen molar-refractivity contribution in [2.24, 2.45) is 0 Å². The molecule has 0 aromatic rings. The molecular formula is C8H13NO2S. The van der Waals surface area contributed by atoms with E-state index in [1.165, 1.54) is 11.8 Å². The van der Waals surface area contributed by atoms with Crippen molar-refractivity contribution in [1.29, 1.82) is 0 Å². The molecule has 3 nitrogen and oxygen atoms in total. The van der Waals surface area contributed by atoms with Crippen LogP contribution in [0, 0.1) is 0 Å².